The van der Waals surface area contributed by atoms with Crippen LogP contribution in [-0.4, -0.2) is 23.8 Å². The number of phenols is 1. The van der Waals surface area contributed by atoms with Gasteiger partial charge < -0.3 is 10.4 Å². The van der Waals surface area contributed by atoms with Crippen LogP contribution in [0.4, 0.5) is 5.69 Å². The molecule has 0 saturated carbocycles. The van der Waals surface area contributed by atoms with Crippen molar-refractivity contribution >= 4 is 40.2 Å². The second-order valence-corrected chi connectivity index (χ2v) is 6.26. The smallest absolute Gasteiger partial charge is 0.259 e. The van der Waals surface area contributed by atoms with Crippen LogP contribution in [0.3, 0.4) is 0 Å². The molecular formula is C20H18ClN3O2. The van der Waals surface area contributed by atoms with Crippen LogP contribution >= 0.6 is 11.6 Å². The van der Waals surface area contributed by atoms with E-state index in [4.69, 9.17) is 11.6 Å². The van der Waals surface area contributed by atoms with Crippen molar-refractivity contribution in [2.75, 3.05) is 11.9 Å². The van der Waals surface area contributed by atoms with Gasteiger partial charge in [-0.05, 0) is 47.5 Å². The van der Waals surface area contributed by atoms with E-state index < -0.39 is 0 Å². The molecule has 3 aromatic carbocycles. The Balaban J connectivity index is 1.64. The van der Waals surface area contributed by atoms with Gasteiger partial charge in [0.05, 0.1) is 12.8 Å². The molecule has 5 nitrogen and oxygen atoms in total. The fourth-order valence-electron chi connectivity index (χ4n) is 2.63. The molecule has 3 N–H and O–H groups in total. The molecule has 0 fully saturated rings. The molecule has 0 aliphatic carbocycles. The maximum absolute atomic E-state index is 12.0. The van der Waals surface area contributed by atoms with Crippen LogP contribution in [0.25, 0.3) is 10.8 Å². The second kappa shape index (κ2) is 7.89. The highest BCUT2D eigenvalue weighted by Crippen LogP contribution is 2.25. The lowest BCUT2D eigenvalue weighted by Gasteiger charge is -2.09. The van der Waals surface area contributed by atoms with E-state index >= 15 is 0 Å². The standard InChI is InChI=1S/C20H18ClN3O2/c1-13-10-15(21)7-8-18(13)22-12-20(26)24-23-11-17-16-5-3-2-4-14(16)6-9-19(17)25/h2-11,22,25H,12H2,1H3,(H,24,26). The third-order valence-corrected chi connectivity index (χ3v) is 4.19. The molecule has 0 aliphatic heterocycles. The number of carbonyl (C=O) groups excluding carboxylic acids is 1. The maximum Gasteiger partial charge on any atom is 0.259 e. The first-order chi connectivity index (χ1) is 12.5. The highest BCUT2D eigenvalue weighted by atomic mass is 35.5. The fourth-order valence-corrected chi connectivity index (χ4v) is 2.86. The van der Waals surface area contributed by atoms with Crippen molar-refractivity contribution in [3.63, 3.8) is 0 Å². The molecule has 0 radical (unpaired) electrons. The molecule has 0 spiro atoms. The van der Waals surface area contributed by atoms with E-state index in [-0.39, 0.29) is 18.2 Å². The minimum atomic E-state index is -0.296. The summed E-state index contributed by atoms with van der Waals surface area (Å²) >= 11 is 5.91. The zero-order valence-corrected chi connectivity index (χ0v) is 14.9. The van der Waals surface area contributed by atoms with Crippen molar-refractivity contribution in [3.8, 4) is 5.75 Å². The number of hydrazone groups is 1. The number of halogens is 1. The number of nitrogens with zero attached hydrogens (tertiary/aromatic N) is 1. The third kappa shape index (κ3) is 4.13. The zero-order chi connectivity index (χ0) is 18.5. The first-order valence-corrected chi connectivity index (χ1v) is 8.45. The number of hydrogen-bond acceptors (Lipinski definition) is 4. The number of nitrogens with one attached hydrogen (secondary N) is 2. The average molecular weight is 368 g/mol. The van der Waals surface area contributed by atoms with Gasteiger partial charge in [0.15, 0.2) is 0 Å². The first kappa shape index (κ1) is 17.8. The largest absolute Gasteiger partial charge is 0.507 e. The van der Waals surface area contributed by atoms with Crippen molar-refractivity contribution in [3.05, 3.63) is 70.7 Å². The molecule has 26 heavy (non-hydrogen) atoms. The van der Waals surface area contributed by atoms with Crippen molar-refractivity contribution in [1.82, 2.24) is 5.43 Å². The minimum absolute atomic E-state index is 0.0708. The summed E-state index contributed by atoms with van der Waals surface area (Å²) in [6.07, 6.45) is 1.45. The van der Waals surface area contributed by atoms with Crippen molar-refractivity contribution in [1.29, 1.82) is 0 Å². The minimum Gasteiger partial charge on any atom is -0.507 e. The lowest BCUT2D eigenvalue weighted by molar-refractivity contribution is -0.119. The van der Waals surface area contributed by atoms with Crippen molar-refractivity contribution < 1.29 is 9.90 Å². The first-order valence-electron chi connectivity index (χ1n) is 8.07. The Bertz CT molecular complexity index is 986. The second-order valence-electron chi connectivity index (χ2n) is 5.83. The van der Waals surface area contributed by atoms with Gasteiger partial charge >= 0.3 is 0 Å². The molecule has 6 heteroatoms. The summed E-state index contributed by atoms with van der Waals surface area (Å²) in [5.74, 6) is -0.188. The summed E-state index contributed by atoms with van der Waals surface area (Å²) < 4.78 is 0. The van der Waals surface area contributed by atoms with Gasteiger partial charge in [-0.2, -0.15) is 5.10 Å². The van der Waals surface area contributed by atoms with Gasteiger partial charge in [0, 0.05) is 16.3 Å². The Morgan fingerprint density at radius 3 is 2.81 bits per heavy atom. The van der Waals surface area contributed by atoms with E-state index in [2.05, 4.69) is 15.8 Å². The van der Waals surface area contributed by atoms with E-state index in [1.807, 2.05) is 49.4 Å². The number of aryl methyl sites for hydroxylation is 1. The van der Waals surface area contributed by atoms with Gasteiger partial charge in [0.2, 0.25) is 0 Å². The van der Waals surface area contributed by atoms with Gasteiger partial charge in [0.1, 0.15) is 5.75 Å². The Morgan fingerprint density at radius 2 is 2.00 bits per heavy atom. The van der Waals surface area contributed by atoms with E-state index in [9.17, 15) is 9.90 Å². The molecule has 0 aromatic heterocycles. The molecule has 0 heterocycles. The Hall–Kier alpha value is -3.05. The number of hydrogen-bond donors (Lipinski definition) is 3. The van der Waals surface area contributed by atoms with E-state index in [1.54, 1.807) is 12.1 Å². The normalized spacial score (nSPS) is 11.0. The molecule has 1 amide bonds. The van der Waals surface area contributed by atoms with Gasteiger partial charge in [-0.25, -0.2) is 5.43 Å². The molecule has 0 atom stereocenters. The van der Waals surface area contributed by atoms with E-state index in [1.165, 1.54) is 6.21 Å². The highest BCUT2D eigenvalue weighted by Gasteiger charge is 2.05. The number of fused-ring (bicyclic) bond motifs is 1. The van der Waals surface area contributed by atoms with E-state index in [0.29, 0.717) is 10.6 Å². The number of carbonyl (C=O) groups is 1. The number of rotatable bonds is 5. The van der Waals surface area contributed by atoms with Crippen LogP contribution in [0, 0.1) is 6.92 Å². The predicted octanol–water partition coefficient (Wildman–Crippen LogP) is 4.07. The van der Waals surface area contributed by atoms with Crippen LogP contribution in [-0.2, 0) is 4.79 Å². The number of benzene rings is 3. The quantitative estimate of drug-likeness (QED) is 0.470. The summed E-state index contributed by atoms with van der Waals surface area (Å²) in [7, 11) is 0. The number of phenolic OH excluding ortho intramolecular Hbond substituents is 1. The number of aromatic hydroxyl groups is 1. The SMILES string of the molecule is Cc1cc(Cl)ccc1NCC(=O)NN=Cc1c(O)ccc2ccccc12. The summed E-state index contributed by atoms with van der Waals surface area (Å²) in [6.45, 7) is 1.98. The molecule has 0 aliphatic rings. The highest BCUT2D eigenvalue weighted by molar-refractivity contribution is 6.30. The Labute approximate surface area is 156 Å². The molecule has 0 bridgehead atoms. The number of amides is 1. The molecule has 0 unspecified atom stereocenters. The van der Waals surface area contributed by atoms with Gasteiger partial charge in [0.25, 0.3) is 5.91 Å². The monoisotopic (exact) mass is 367 g/mol. The lowest BCUT2D eigenvalue weighted by atomic mass is 10.0. The summed E-state index contributed by atoms with van der Waals surface area (Å²) in [5.41, 5.74) is 4.80. The zero-order valence-electron chi connectivity index (χ0n) is 14.2. The Morgan fingerprint density at radius 1 is 1.19 bits per heavy atom. The molecular weight excluding hydrogens is 350 g/mol. The van der Waals surface area contributed by atoms with Crippen LogP contribution in [0.5, 0.6) is 5.75 Å². The van der Waals surface area contributed by atoms with Gasteiger partial charge in [-0.15, -0.1) is 0 Å². The van der Waals surface area contributed by atoms with Crippen molar-refractivity contribution in [2.45, 2.75) is 6.92 Å². The molecule has 3 aromatic rings. The molecule has 3 rings (SSSR count). The maximum atomic E-state index is 12.0. The summed E-state index contributed by atoms with van der Waals surface area (Å²) in [6, 6.07) is 16.5. The van der Waals surface area contributed by atoms with Crippen LogP contribution < -0.4 is 10.7 Å². The lowest BCUT2D eigenvalue weighted by Crippen LogP contribution is -2.26. The Kier molecular flexibility index (Phi) is 5.39. The third-order valence-electron chi connectivity index (χ3n) is 3.96. The predicted molar refractivity (Wildman–Crippen MR) is 106 cm³/mol. The summed E-state index contributed by atoms with van der Waals surface area (Å²) in [5, 5.41) is 19.5. The van der Waals surface area contributed by atoms with Crippen molar-refractivity contribution in [2.24, 2.45) is 5.10 Å². The van der Waals surface area contributed by atoms with E-state index in [0.717, 1.165) is 22.0 Å². The van der Waals surface area contributed by atoms with Crippen LogP contribution in [0.2, 0.25) is 5.02 Å². The molecule has 0 saturated heterocycles. The average Bonchev–Trinajstić information content (AvgIpc) is 2.63. The van der Waals surface area contributed by atoms with Gasteiger partial charge in [-0.1, -0.05) is 41.9 Å². The topological polar surface area (TPSA) is 73.7 Å². The van der Waals surface area contributed by atoms with Gasteiger partial charge in [-0.3, -0.25) is 4.79 Å². The van der Waals surface area contributed by atoms with Crippen LogP contribution in [0.1, 0.15) is 11.1 Å². The van der Waals surface area contributed by atoms with Crippen LogP contribution in [0.15, 0.2) is 59.7 Å². The molecule has 132 valence electrons. The number of anilines is 1. The summed E-state index contributed by atoms with van der Waals surface area (Å²) in [4.78, 5) is 12.0. The fraction of sp³-hybridized carbons (Fsp3) is 0.100.